The highest BCUT2D eigenvalue weighted by atomic mass is 32.1. The van der Waals surface area contributed by atoms with Crippen molar-refractivity contribution in [2.75, 3.05) is 56.9 Å². The van der Waals surface area contributed by atoms with Gasteiger partial charge in [0.2, 0.25) is 17.6 Å². The highest BCUT2D eigenvalue weighted by Crippen LogP contribution is 2.48. The van der Waals surface area contributed by atoms with Gasteiger partial charge < -0.3 is 34.4 Å². The van der Waals surface area contributed by atoms with Crippen molar-refractivity contribution in [2.24, 2.45) is 0 Å². The fraction of sp³-hybridized carbons (Fsp3) is 0.594. The van der Waals surface area contributed by atoms with Crippen LogP contribution in [0.25, 0.3) is 11.5 Å². The van der Waals surface area contributed by atoms with E-state index in [-0.39, 0.29) is 12.2 Å². The predicted octanol–water partition coefficient (Wildman–Crippen LogP) is 4.82. The summed E-state index contributed by atoms with van der Waals surface area (Å²) < 4.78 is 18.0. The molecule has 240 valence electrons. The van der Waals surface area contributed by atoms with Crippen LogP contribution in [0.2, 0.25) is 0 Å². The zero-order chi connectivity index (χ0) is 31.9. The Morgan fingerprint density at radius 1 is 1.16 bits per heavy atom. The third-order valence-electron chi connectivity index (χ3n) is 8.92. The second-order valence-electron chi connectivity index (χ2n) is 13.5. The number of piperazine rings is 1. The van der Waals surface area contributed by atoms with Crippen LogP contribution >= 0.6 is 11.3 Å². The number of carbonyl (C=O) groups excluding carboxylic acids is 1. The maximum atomic E-state index is 12.7. The summed E-state index contributed by atoms with van der Waals surface area (Å²) in [5.74, 6) is 1.33. The van der Waals surface area contributed by atoms with E-state index >= 15 is 0 Å². The molecule has 1 amide bonds. The second-order valence-corrected chi connectivity index (χ2v) is 14.6. The molecule has 0 bridgehead atoms. The Morgan fingerprint density at radius 2 is 1.89 bits per heavy atom. The minimum Gasteiger partial charge on any atom is -0.474 e. The van der Waals surface area contributed by atoms with Gasteiger partial charge in [0.15, 0.2) is 0 Å². The van der Waals surface area contributed by atoms with Gasteiger partial charge in [-0.1, -0.05) is 5.16 Å². The lowest BCUT2D eigenvalue weighted by Crippen LogP contribution is -2.50. The van der Waals surface area contributed by atoms with Crippen molar-refractivity contribution in [2.45, 2.75) is 76.9 Å². The smallest absolute Gasteiger partial charge is 0.410 e. The van der Waals surface area contributed by atoms with Crippen molar-refractivity contribution >= 4 is 28.1 Å². The summed E-state index contributed by atoms with van der Waals surface area (Å²) in [5, 5.41) is 14.8. The van der Waals surface area contributed by atoms with Crippen molar-refractivity contribution in [3.63, 3.8) is 0 Å². The molecule has 12 nitrogen and oxygen atoms in total. The van der Waals surface area contributed by atoms with E-state index in [0.717, 1.165) is 61.3 Å². The van der Waals surface area contributed by atoms with E-state index in [1.54, 1.807) is 4.90 Å². The molecular formula is C32H42N8O4S. The number of aryl methyl sites for hydroxylation is 1. The normalized spacial score (nSPS) is 21.3. The third kappa shape index (κ3) is 6.44. The number of hydrogen-bond donors (Lipinski definition) is 1. The monoisotopic (exact) mass is 634 g/mol. The molecule has 2 saturated heterocycles. The molecule has 2 fully saturated rings. The molecule has 1 unspecified atom stereocenters. The van der Waals surface area contributed by atoms with E-state index in [1.165, 1.54) is 11.3 Å². The van der Waals surface area contributed by atoms with Crippen LogP contribution in [-0.4, -0.2) is 89.0 Å². The van der Waals surface area contributed by atoms with Crippen LogP contribution < -0.4 is 15.4 Å². The Morgan fingerprint density at radius 3 is 2.58 bits per heavy atom. The lowest BCUT2D eigenvalue weighted by molar-refractivity contribution is 0.0240. The van der Waals surface area contributed by atoms with Crippen molar-refractivity contribution in [3.8, 4) is 23.5 Å². The van der Waals surface area contributed by atoms with Crippen LogP contribution in [0, 0.1) is 11.3 Å². The number of ether oxygens (including phenoxy) is 2. The topological polar surface area (TPSA) is 147 Å². The Hall–Kier alpha value is -3.89. The van der Waals surface area contributed by atoms with Gasteiger partial charge in [-0.15, -0.1) is 11.3 Å². The Labute approximate surface area is 268 Å². The highest BCUT2D eigenvalue weighted by Gasteiger charge is 2.43. The summed E-state index contributed by atoms with van der Waals surface area (Å²) in [6.07, 6.45) is 4.19. The number of rotatable bonds is 5. The molecule has 5 heterocycles. The fourth-order valence-corrected chi connectivity index (χ4v) is 7.65. The number of amides is 1. The zero-order valence-corrected chi connectivity index (χ0v) is 27.6. The molecule has 3 aliphatic rings. The van der Waals surface area contributed by atoms with Gasteiger partial charge in [-0.05, 0) is 72.9 Å². The van der Waals surface area contributed by atoms with Crippen LogP contribution in [-0.2, 0) is 16.6 Å². The van der Waals surface area contributed by atoms with Crippen LogP contribution in [0.4, 0.5) is 15.5 Å². The van der Waals surface area contributed by atoms with Crippen molar-refractivity contribution in [3.05, 3.63) is 34.0 Å². The summed E-state index contributed by atoms with van der Waals surface area (Å²) in [5.41, 5.74) is 7.95. The third-order valence-corrected chi connectivity index (χ3v) is 9.99. The number of nitrogen functional groups attached to an aromatic ring is 1. The minimum absolute atomic E-state index is 0.0645. The molecule has 6 rings (SSSR count). The number of anilines is 2. The Balaban J connectivity index is 1.29. The SMILES string of the molecule is CN1CCC(Oc2cc(N3CCN(C(=O)OC(C)(C)C)CC3)cc(-c3noc(C4(C)CCCc5sc(N)c(C#N)c54)n3)n2)CC1. The lowest BCUT2D eigenvalue weighted by atomic mass is 9.72. The predicted molar refractivity (Wildman–Crippen MR) is 172 cm³/mol. The first-order valence-electron chi connectivity index (χ1n) is 15.7. The van der Waals surface area contributed by atoms with Gasteiger partial charge in [0, 0.05) is 61.5 Å². The van der Waals surface area contributed by atoms with E-state index in [9.17, 15) is 10.1 Å². The van der Waals surface area contributed by atoms with Gasteiger partial charge in [-0.3, -0.25) is 0 Å². The summed E-state index contributed by atoms with van der Waals surface area (Å²) in [4.78, 5) is 29.8. The number of aromatic nitrogens is 3. The number of hydrogen-bond acceptors (Lipinski definition) is 12. The maximum Gasteiger partial charge on any atom is 0.410 e. The number of nitrogens with two attached hydrogens (primary N) is 1. The summed E-state index contributed by atoms with van der Waals surface area (Å²) in [7, 11) is 2.12. The molecular weight excluding hydrogens is 592 g/mol. The average molecular weight is 635 g/mol. The molecule has 13 heteroatoms. The molecule has 0 radical (unpaired) electrons. The van der Waals surface area contributed by atoms with E-state index in [0.29, 0.717) is 60.0 Å². The average Bonchev–Trinajstić information content (AvgIpc) is 3.63. The Bertz CT molecular complexity index is 1590. The number of nitrogens with zero attached hydrogens (tertiary/aromatic N) is 7. The second kappa shape index (κ2) is 12.1. The van der Waals surface area contributed by atoms with Gasteiger partial charge in [0.05, 0.1) is 11.0 Å². The van der Waals surface area contributed by atoms with Crippen LogP contribution in [0.1, 0.15) is 75.3 Å². The standard InChI is InChI=1S/C32H42N8O4S/c1-31(2,3)43-30(41)40-15-13-39(14-16-40)20-17-23(35-25(18-20)42-21-8-11-38(5)12-9-21)28-36-29(44-37-28)32(4)10-6-7-24-26(32)22(19-33)27(34)45-24/h17-18,21H,6-16,34H2,1-5H3. The first kappa shape index (κ1) is 31.1. The molecule has 3 aromatic rings. The van der Waals surface area contributed by atoms with Crippen molar-refractivity contribution < 1.29 is 18.8 Å². The molecule has 2 N–H and O–H groups in total. The van der Waals surface area contributed by atoms with Gasteiger partial charge in [-0.2, -0.15) is 10.2 Å². The zero-order valence-electron chi connectivity index (χ0n) is 26.8. The van der Waals surface area contributed by atoms with Crippen LogP contribution in [0.3, 0.4) is 0 Å². The number of pyridine rings is 1. The Kier molecular flexibility index (Phi) is 8.39. The quantitative estimate of drug-likeness (QED) is 0.412. The fourth-order valence-electron chi connectivity index (χ4n) is 6.46. The maximum absolute atomic E-state index is 12.7. The number of nitriles is 1. The lowest BCUT2D eigenvalue weighted by Gasteiger charge is -2.37. The molecule has 2 aliphatic heterocycles. The van der Waals surface area contributed by atoms with E-state index in [4.69, 9.17) is 29.7 Å². The summed E-state index contributed by atoms with van der Waals surface area (Å²) in [6.45, 7) is 12.0. The summed E-state index contributed by atoms with van der Waals surface area (Å²) >= 11 is 1.48. The molecule has 0 spiro atoms. The van der Waals surface area contributed by atoms with Gasteiger partial charge in [0.25, 0.3) is 0 Å². The number of piperidine rings is 1. The van der Waals surface area contributed by atoms with Crippen LogP contribution in [0.15, 0.2) is 16.7 Å². The molecule has 3 aromatic heterocycles. The molecule has 0 aromatic carbocycles. The molecule has 45 heavy (non-hydrogen) atoms. The molecule has 1 atom stereocenters. The number of thiophene rings is 1. The highest BCUT2D eigenvalue weighted by molar-refractivity contribution is 7.16. The first-order chi connectivity index (χ1) is 21.4. The number of carbonyl (C=O) groups is 1. The van der Waals surface area contributed by atoms with E-state index in [1.807, 2.05) is 32.9 Å². The number of likely N-dealkylation sites (tertiary alicyclic amines) is 1. The first-order valence-corrected chi connectivity index (χ1v) is 16.5. The van der Waals surface area contributed by atoms with E-state index < -0.39 is 11.0 Å². The number of fused-ring (bicyclic) bond motifs is 1. The van der Waals surface area contributed by atoms with Gasteiger partial charge in [0.1, 0.15) is 28.5 Å². The molecule has 0 saturated carbocycles. The minimum atomic E-state index is -0.624. The van der Waals surface area contributed by atoms with Crippen molar-refractivity contribution in [1.29, 1.82) is 5.26 Å². The van der Waals surface area contributed by atoms with Crippen molar-refractivity contribution in [1.82, 2.24) is 24.9 Å². The van der Waals surface area contributed by atoms with E-state index in [2.05, 4.69) is 35.0 Å². The molecule has 1 aliphatic carbocycles. The van der Waals surface area contributed by atoms with Gasteiger partial charge in [-0.25, -0.2) is 9.78 Å². The van der Waals surface area contributed by atoms with Crippen LogP contribution in [0.5, 0.6) is 5.88 Å². The summed E-state index contributed by atoms with van der Waals surface area (Å²) in [6, 6.07) is 6.23. The van der Waals surface area contributed by atoms with Gasteiger partial charge >= 0.3 is 6.09 Å². The largest absolute Gasteiger partial charge is 0.474 e.